The van der Waals surface area contributed by atoms with Gasteiger partial charge >= 0.3 is 0 Å². The van der Waals surface area contributed by atoms with Gasteiger partial charge in [0.1, 0.15) is 11.5 Å². The van der Waals surface area contributed by atoms with Crippen molar-refractivity contribution < 1.29 is 9.31 Å². The quantitative estimate of drug-likeness (QED) is 0.627. The van der Waals surface area contributed by atoms with E-state index in [1.54, 1.807) is 24.2 Å². The highest BCUT2D eigenvalue weighted by Crippen LogP contribution is 2.28. The fraction of sp³-hybridized carbons (Fsp3) is 0.154. The molecule has 0 saturated heterocycles. The number of pyridine rings is 1. The van der Waals surface area contributed by atoms with Gasteiger partial charge in [0.25, 0.3) is 5.69 Å². The zero-order chi connectivity index (χ0) is 13.8. The summed E-state index contributed by atoms with van der Waals surface area (Å²) in [7, 11) is 1.70. The maximum atomic E-state index is 13.1. The summed E-state index contributed by atoms with van der Waals surface area (Å²) < 4.78 is 13.1. The molecule has 1 heterocycles. The molecule has 0 radical (unpaired) electrons. The molecule has 0 fully saturated rings. The van der Waals surface area contributed by atoms with Crippen LogP contribution >= 0.6 is 0 Å². The Bertz CT molecular complexity index is 590. The van der Waals surface area contributed by atoms with E-state index in [4.69, 9.17) is 0 Å². The van der Waals surface area contributed by atoms with Crippen LogP contribution in [0.3, 0.4) is 0 Å². The van der Waals surface area contributed by atoms with Gasteiger partial charge in [-0.05, 0) is 24.3 Å². The summed E-state index contributed by atoms with van der Waals surface area (Å²) in [5.74, 6) is -0.623. The highest BCUT2D eigenvalue weighted by Gasteiger charge is 2.18. The SMILES string of the molecule is CN(Cc1ccccn1)c1ccc(F)cc1[N+](=O)[O-]. The summed E-state index contributed by atoms with van der Waals surface area (Å²) in [6.07, 6.45) is 1.66. The molecule has 1 aromatic heterocycles. The first-order chi connectivity index (χ1) is 9.08. The van der Waals surface area contributed by atoms with Crippen molar-refractivity contribution >= 4 is 11.4 Å². The summed E-state index contributed by atoms with van der Waals surface area (Å²) >= 11 is 0. The van der Waals surface area contributed by atoms with Crippen LogP contribution in [0.25, 0.3) is 0 Å². The highest BCUT2D eigenvalue weighted by atomic mass is 19.1. The van der Waals surface area contributed by atoms with Crippen molar-refractivity contribution in [1.82, 2.24) is 4.98 Å². The van der Waals surface area contributed by atoms with E-state index in [0.717, 1.165) is 11.8 Å². The first-order valence-electron chi connectivity index (χ1n) is 5.63. The Balaban J connectivity index is 2.28. The number of halogens is 1. The van der Waals surface area contributed by atoms with Crippen molar-refractivity contribution in [3.63, 3.8) is 0 Å². The van der Waals surface area contributed by atoms with Gasteiger partial charge in [-0.2, -0.15) is 0 Å². The molecular weight excluding hydrogens is 249 g/mol. The molecule has 0 aliphatic carbocycles. The molecule has 0 atom stereocenters. The van der Waals surface area contributed by atoms with Crippen LogP contribution in [-0.2, 0) is 6.54 Å². The molecule has 1 aromatic carbocycles. The zero-order valence-corrected chi connectivity index (χ0v) is 10.3. The van der Waals surface area contributed by atoms with Gasteiger partial charge in [0.15, 0.2) is 0 Å². The normalized spacial score (nSPS) is 10.2. The molecule has 0 spiro atoms. The minimum Gasteiger partial charge on any atom is -0.363 e. The lowest BCUT2D eigenvalue weighted by atomic mass is 10.2. The highest BCUT2D eigenvalue weighted by molar-refractivity contribution is 5.62. The monoisotopic (exact) mass is 261 g/mol. The van der Waals surface area contributed by atoms with Gasteiger partial charge in [-0.15, -0.1) is 0 Å². The van der Waals surface area contributed by atoms with E-state index in [1.165, 1.54) is 12.1 Å². The lowest BCUT2D eigenvalue weighted by Crippen LogP contribution is -2.18. The average molecular weight is 261 g/mol. The van der Waals surface area contributed by atoms with E-state index in [9.17, 15) is 14.5 Å². The molecule has 0 N–H and O–H groups in total. The Hall–Kier alpha value is -2.50. The van der Waals surface area contributed by atoms with Gasteiger partial charge in [-0.25, -0.2) is 4.39 Å². The molecule has 6 heteroatoms. The smallest absolute Gasteiger partial charge is 0.295 e. The van der Waals surface area contributed by atoms with E-state index in [2.05, 4.69) is 4.98 Å². The summed E-state index contributed by atoms with van der Waals surface area (Å²) in [5, 5.41) is 10.9. The number of hydrogen-bond donors (Lipinski definition) is 0. The molecule has 2 rings (SSSR count). The number of hydrogen-bond acceptors (Lipinski definition) is 4. The molecule has 2 aromatic rings. The number of rotatable bonds is 4. The van der Waals surface area contributed by atoms with Crippen LogP contribution < -0.4 is 4.90 Å². The zero-order valence-electron chi connectivity index (χ0n) is 10.3. The third-order valence-corrected chi connectivity index (χ3v) is 2.67. The Morgan fingerprint density at radius 2 is 2.16 bits per heavy atom. The van der Waals surface area contributed by atoms with Crippen molar-refractivity contribution in [2.75, 3.05) is 11.9 Å². The molecular formula is C13H12FN3O2. The van der Waals surface area contributed by atoms with Gasteiger partial charge in [-0.3, -0.25) is 15.1 Å². The molecule has 0 saturated carbocycles. The summed E-state index contributed by atoms with van der Waals surface area (Å²) in [5.41, 5.74) is 0.888. The topological polar surface area (TPSA) is 59.3 Å². The van der Waals surface area contributed by atoms with Crippen LogP contribution in [-0.4, -0.2) is 17.0 Å². The third kappa shape index (κ3) is 3.04. The molecule has 0 aliphatic rings. The number of nitro benzene ring substituents is 1. The summed E-state index contributed by atoms with van der Waals surface area (Å²) in [4.78, 5) is 16.2. The molecule has 0 unspecified atom stereocenters. The Morgan fingerprint density at radius 1 is 1.37 bits per heavy atom. The van der Waals surface area contributed by atoms with E-state index >= 15 is 0 Å². The number of aromatic nitrogens is 1. The first-order valence-corrected chi connectivity index (χ1v) is 5.63. The van der Waals surface area contributed by atoms with Crippen molar-refractivity contribution in [3.8, 4) is 0 Å². The Labute approximate surface area is 109 Å². The van der Waals surface area contributed by atoms with E-state index in [0.29, 0.717) is 12.2 Å². The molecule has 0 aliphatic heterocycles. The van der Waals surface area contributed by atoms with Crippen molar-refractivity contribution in [2.24, 2.45) is 0 Å². The van der Waals surface area contributed by atoms with Crippen LogP contribution in [0.2, 0.25) is 0 Å². The van der Waals surface area contributed by atoms with Gasteiger partial charge in [0.2, 0.25) is 0 Å². The van der Waals surface area contributed by atoms with Crippen LogP contribution in [0.15, 0.2) is 42.6 Å². The lowest BCUT2D eigenvalue weighted by molar-refractivity contribution is -0.384. The third-order valence-electron chi connectivity index (χ3n) is 2.67. The van der Waals surface area contributed by atoms with Crippen LogP contribution in [0.4, 0.5) is 15.8 Å². The molecule has 98 valence electrons. The number of benzene rings is 1. The largest absolute Gasteiger partial charge is 0.363 e. The second kappa shape index (κ2) is 5.43. The average Bonchev–Trinajstić information content (AvgIpc) is 2.39. The van der Waals surface area contributed by atoms with Crippen molar-refractivity contribution in [1.29, 1.82) is 0 Å². The van der Waals surface area contributed by atoms with E-state index in [1.807, 2.05) is 12.1 Å². The maximum Gasteiger partial charge on any atom is 0.295 e. The maximum absolute atomic E-state index is 13.1. The van der Waals surface area contributed by atoms with Crippen molar-refractivity contribution in [3.05, 3.63) is 64.2 Å². The predicted molar refractivity (Wildman–Crippen MR) is 69.4 cm³/mol. The standard InChI is InChI=1S/C13H12FN3O2/c1-16(9-11-4-2-3-7-15-11)12-6-5-10(14)8-13(12)17(18)19/h2-8H,9H2,1H3. The van der Waals surface area contributed by atoms with Gasteiger partial charge < -0.3 is 4.90 Å². The van der Waals surface area contributed by atoms with Gasteiger partial charge in [-0.1, -0.05) is 6.07 Å². The molecule has 19 heavy (non-hydrogen) atoms. The fourth-order valence-corrected chi connectivity index (χ4v) is 1.79. The minimum atomic E-state index is -0.623. The van der Waals surface area contributed by atoms with Gasteiger partial charge in [0.05, 0.1) is 23.2 Å². The molecule has 5 nitrogen and oxygen atoms in total. The minimum absolute atomic E-state index is 0.251. The summed E-state index contributed by atoms with van der Waals surface area (Å²) in [6.45, 7) is 0.410. The fourth-order valence-electron chi connectivity index (χ4n) is 1.79. The predicted octanol–water partition coefficient (Wildman–Crippen LogP) is 2.77. The molecule has 0 bridgehead atoms. The summed E-state index contributed by atoms with van der Waals surface area (Å²) in [6, 6.07) is 8.99. The second-order valence-corrected chi connectivity index (χ2v) is 4.07. The Morgan fingerprint density at radius 3 is 2.79 bits per heavy atom. The van der Waals surface area contributed by atoms with Crippen molar-refractivity contribution in [2.45, 2.75) is 6.54 Å². The first kappa shape index (κ1) is 12.9. The van der Waals surface area contributed by atoms with Crippen LogP contribution in [0, 0.1) is 15.9 Å². The Kier molecular flexibility index (Phi) is 3.70. The van der Waals surface area contributed by atoms with E-state index in [-0.39, 0.29) is 5.69 Å². The van der Waals surface area contributed by atoms with Crippen LogP contribution in [0.1, 0.15) is 5.69 Å². The number of anilines is 1. The number of nitrogens with zero attached hydrogens (tertiary/aromatic N) is 3. The lowest BCUT2D eigenvalue weighted by Gasteiger charge is -2.18. The molecule has 0 amide bonds. The van der Waals surface area contributed by atoms with E-state index < -0.39 is 10.7 Å². The van der Waals surface area contributed by atoms with Crippen LogP contribution in [0.5, 0.6) is 0 Å². The van der Waals surface area contributed by atoms with Gasteiger partial charge in [0, 0.05) is 13.2 Å². The second-order valence-electron chi connectivity index (χ2n) is 4.07. The number of nitro groups is 1.